The Labute approximate surface area is 92.8 Å². The molecule has 0 aliphatic carbocycles. The van der Waals surface area contributed by atoms with Gasteiger partial charge in [-0.05, 0) is 12.1 Å². The van der Waals surface area contributed by atoms with E-state index in [1.165, 1.54) is 0 Å². The molecule has 1 aromatic rings. The summed E-state index contributed by atoms with van der Waals surface area (Å²) < 4.78 is 5.12. The quantitative estimate of drug-likeness (QED) is 0.344. The fourth-order valence-corrected chi connectivity index (χ4v) is 1.50. The van der Waals surface area contributed by atoms with Gasteiger partial charge in [-0.15, -0.1) is 0 Å². The minimum Gasteiger partial charge on any atom is -0.426 e. The number of hydrogen-bond acceptors (Lipinski definition) is 4. The van der Waals surface area contributed by atoms with Crippen LogP contribution in [0.1, 0.15) is 6.42 Å². The van der Waals surface area contributed by atoms with Gasteiger partial charge in [0.2, 0.25) is 0 Å². The maximum Gasteiger partial charge on any atom is 0.312 e. The molecule has 0 spiro atoms. The molecule has 2 N–H and O–H groups in total. The number of fused-ring (bicyclic) bond motifs is 1. The van der Waals surface area contributed by atoms with Crippen LogP contribution in [0.15, 0.2) is 23.2 Å². The minimum absolute atomic E-state index is 0.260. The fourth-order valence-electron chi connectivity index (χ4n) is 1.32. The number of benzene rings is 1. The third-order valence-electron chi connectivity index (χ3n) is 2.01. The summed E-state index contributed by atoms with van der Waals surface area (Å²) in [4.78, 5) is 15.3. The van der Waals surface area contributed by atoms with Crippen LogP contribution in [0.4, 0.5) is 11.4 Å². The average Bonchev–Trinajstić information content (AvgIpc) is 2.65. The first-order chi connectivity index (χ1) is 7.29. The zero-order valence-corrected chi connectivity index (χ0v) is 8.91. The van der Waals surface area contributed by atoms with Crippen molar-refractivity contribution in [2.75, 3.05) is 5.75 Å². The number of hydrogen-bond donors (Lipinski definition) is 2. The summed E-state index contributed by atoms with van der Waals surface area (Å²) in [5.41, 5.74) is 1.88. The normalized spacial score (nSPS) is 12.6. The number of thiol groups is 1. The van der Waals surface area contributed by atoms with E-state index in [0.717, 1.165) is 11.4 Å². The molecule has 0 unspecified atom stereocenters. The van der Waals surface area contributed by atoms with Crippen molar-refractivity contribution in [3.63, 3.8) is 0 Å². The van der Waals surface area contributed by atoms with Crippen LogP contribution in [0.2, 0.25) is 0 Å². The van der Waals surface area contributed by atoms with Crippen LogP contribution in [0, 0.1) is 0 Å². The number of carbonyl (C=O) groups is 1. The molecule has 5 heteroatoms. The Morgan fingerprint density at radius 2 is 2.40 bits per heavy atom. The SMILES string of the molecule is O=C(CCS)Oc1ccc2c(c1)[NH2+]C=N2. The fraction of sp³-hybridized carbons (Fsp3) is 0.200. The first kappa shape index (κ1) is 10.2. The number of carbonyl (C=O) groups excluding carboxylic acids is 1. The van der Waals surface area contributed by atoms with Gasteiger partial charge in [-0.2, -0.15) is 17.6 Å². The molecule has 78 valence electrons. The predicted octanol–water partition coefficient (Wildman–Crippen LogP) is 0.780. The molecule has 0 atom stereocenters. The van der Waals surface area contributed by atoms with Crippen molar-refractivity contribution in [2.45, 2.75) is 6.42 Å². The van der Waals surface area contributed by atoms with Crippen LogP contribution >= 0.6 is 12.6 Å². The van der Waals surface area contributed by atoms with Gasteiger partial charge in [-0.3, -0.25) is 10.1 Å². The number of nitrogens with zero attached hydrogens (tertiary/aromatic N) is 1. The summed E-state index contributed by atoms with van der Waals surface area (Å²) in [6.45, 7) is 0. The Balaban J connectivity index is 2.08. The Morgan fingerprint density at radius 3 is 3.20 bits per heavy atom. The van der Waals surface area contributed by atoms with Gasteiger partial charge in [0.05, 0.1) is 6.42 Å². The highest BCUT2D eigenvalue weighted by Crippen LogP contribution is 2.27. The molecular formula is C10H11N2O2S+. The molecule has 0 aromatic heterocycles. The van der Waals surface area contributed by atoms with Crippen molar-refractivity contribution in [1.29, 1.82) is 0 Å². The molecule has 1 aliphatic heterocycles. The maximum absolute atomic E-state index is 11.2. The first-order valence-electron chi connectivity index (χ1n) is 4.62. The highest BCUT2D eigenvalue weighted by molar-refractivity contribution is 7.80. The summed E-state index contributed by atoms with van der Waals surface area (Å²) >= 11 is 3.96. The van der Waals surface area contributed by atoms with Gasteiger partial charge >= 0.3 is 5.97 Å². The molecule has 0 saturated carbocycles. The summed E-state index contributed by atoms with van der Waals surface area (Å²) in [6.07, 6.45) is 2.05. The van der Waals surface area contributed by atoms with E-state index in [0.29, 0.717) is 17.9 Å². The van der Waals surface area contributed by atoms with Gasteiger partial charge in [0.25, 0.3) is 0 Å². The third kappa shape index (κ3) is 2.37. The van der Waals surface area contributed by atoms with Gasteiger partial charge in [0, 0.05) is 11.8 Å². The number of rotatable bonds is 3. The lowest BCUT2D eigenvalue weighted by Crippen LogP contribution is -2.74. The molecule has 2 rings (SSSR count). The number of quaternary nitrogens is 1. The van der Waals surface area contributed by atoms with Crippen molar-refractivity contribution >= 4 is 36.3 Å². The molecular weight excluding hydrogens is 212 g/mol. The Hall–Kier alpha value is -1.33. The topological polar surface area (TPSA) is 55.3 Å². The molecule has 0 saturated heterocycles. The number of ether oxygens (including phenoxy) is 1. The Morgan fingerprint density at radius 1 is 1.53 bits per heavy atom. The van der Waals surface area contributed by atoms with Crippen molar-refractivity contribution in [1.82, 2.24) is 0 Å². The van der Waals surface area contributed by atoms with E-state index < -0.39 is 0 Å². The van der Waals surface area contributed by atoms with Crippen LogP contribution in [-0.2, 0) is 4.79 Å². The van der Waals surface area contributed by atoms with E-state index in [2.05, 4.69) is 17.6 Å². The van der Waals surface area contributed by atoms with E-state index in [9.17, 15) is 4.79 Å². The number of esters is 1. The van der Waals surface area contributed by atoms with Crippen molar-refractivity contribution in [3.05, 3.63) is 18.2 Å². The van der Waals surface area contributed by atoms with Crippen molar-refractivity contribution < 1.29 is 14.8 Å². The van der Waals surface area contributed by atoms with Crippen LogP contribution in [0.5, 0.6) is 5.75 Å². The summed E-state index contributed by atoms with van der Waals surface area (Å²) in [5.74, 6) is 0.796. The largest absolute Gasteiger partial charge is 0.426 e. The molecule has 0 bridgehead atoms. The summed E-state index contributed by atoms with van der Waals surface area (Å²) in [7, 11) is 0. The second kappa shape index (κ2) is 4.46. The number of nitrogens with two attached hydrogens (primary N) is 1. The highest BCUT2D eigenvalue weighted by Gasteiger charge is 2.13. The van der Waals surface area contributed by atoms with Gasteiger partial charge in [0.15, 0.2) is 12.0 Å². The van der Waals surface area contributed by atoms with Crippen LogP contribution < -0.4 is 10.1 Å². The smallest absolute Gasteiger partial charge is 0.312 e. The van der Waals surface area contributed by atoms with Crippen LogP contribution in [-0.4, -0.2) is 18.1 Å². The molecule has 0 amide bonds. The second-order valence-corrected chi connectivity index (χ2v) is 3.56. The molecule has 15 heavy (non-hydrogen) atoms. The van der Waals surface area contributed by atoms with Gasteiger partial charge < -0.3 is 4.74 Å². The summed E-state index contributed by atoms with van der Waals surface area (Å²) in [5, 5.41) is 1.88. The molecule has 0 radical (unpaired) electrons. The summed E-state index contributed by atoms with van der Waals surface area (Å²) in [6, 6.07) is 5.38. The zero-order chi connectivity index (χ0) is 10.7. The van der Waals surface area contributed by atoms with E-state index in [1.807, 2.05) is 11.4 Å². The minimum atomic E-state index is -0.260. The zero-order valence-electron chi connectivity index (χ0n) is 8.01. The van der Waals surface area contributed by atoms with Gasteiger partial charge in [-0.1, -0.05) is 0 Å². The first-order valence-corrected chi connectivity index (χ1v) is 5.26. The molecule has 1 heterocycles. The maximum atomic E-state index is 11.2. The third-order valence-corrected chi connectivity index (χ3v) is 2.24. The lowest BCUT2D eigenvalue weighted by molar-refractivity contribution is -0.427. The van der Waals surface area contributed by atoms with E-state index in [4.69, 9.17) is 4.74 Å². The lowest BCUT2D eigenvalue weighted by Gasteiger charge is -2.03. The predicted molar refractivity (Wildman–Crippen MR) is 60.3 cm³/mol. The van der Waals surface area contributed by atoms with Gasteiger partial charge in [0.1, 0.15) is 11.4 Å². The molecule has 1 aliphatic rings. The molecule has 4 nitrogen and oxygen atoms in total. The Kier molecular flexibility index (Phi) is 3.03. The van der Waals surface area contributed by atoms with E-state index in [-0.39, 0.29) is 5.97 Å². The Bertz CT molecular complexity index is 418. The van der Waals surface area contributed by atoms with Crippen LogP contribution in [0.3, 0.4) is 0 Å². The number of aliphatic imine (C=N–C) groups is 1. The average molecular weight is 223 g/mol. The van der Waals surface area contributed by atoms with Crippen molar-refractivity contribution in [2.24, 2.45) is 4.99 Å². The monoisotopic (exact) mass is 223 g/mol. The van der Waals surface area contributed by atoms with Crippen molar-refractivity contribution in [3.8, 4) is 5.75 Å². The van der Waals surface area contributed by atoms with E-state index in [1.54, 1.807) is 18.5 Å². The molecule has 0 fully saturated rings. The molecule has 1 aromatic carbocycles. The van der Waals surface area contributed by atoms with Gasteiger partial charge in [-0.25, -0.2) is 0 Å². The lowest BCUT2D eigenvalue weighted by atomic mass is 10.2. The standard InChI is InChI=1S/C10H10N2O2S/c13-10(3-4-15)14-7-1-2-8-9(5-7)12-6-11-8/h1-2,5-6,15H,3-4H2,(H,11,12)/p+1. The second-order valence-electron chi connectivity index (χ2n) is 3.11. The van der Waals surface area contributed by atoms with E-state index >= 15 is 0 Å². The highest BCUT2D eigenvalue weighted by atomic mass is 32.1. The van der Waals surface area contributed by atoms with Crippen LogP contribution in [0.25, 0.3) is 0 Å².